The molecule has 2 aliphatic carbocycles. The van der Waals surface area contributed by atoms with Crippen molar-refractivity contribution in [1.29, 1.82) is 0 Å². The number of aliphatic hydroxyl groups excluding tert-OH is 1. The molecule has 148 valence electrons. The third kappa shape index (κ3) is 4.18. The van der Waals surface area contributed by atoms with Crippen LogP contribution in [0.25, 0.3) is 5.57 Å². The molecule has 0 spiro atoms. The molecule has 2 fully saturated rings. The fraction of sp³-hybridized carbons (Fsp3) is 0.435. The predicted octanol–water partition coefficient (Wildman–Crippen LogP) is 4.90. The first-order chi connectivity index (χ1) is 13.5. The molecule has 1 aromatic heterocycles. The lowest BCUT2D eigenvalue weighted by atomic mass is 9.85. The summed E-state index contributed by atoms with van der Waals surface area (Å²) in [5.41, 5.74) is 3.63. The number of nitrogens with one attached hydrogen (secondary N) is 1. The summed E-state index contributed by atoms with van der Waals surface area (Å²) in [6.07, 6.45) is 7.75. The molecule has 4 rings (SSSR count). The predicted molar refractivity (Wildman–Crippen MR) is 112 cm³/mol. The summed E-state index contributed by atoms with van der Waals surface area (Å²) in [6.45, 7) is 0. The van der Waals surface area contributed by atoms with Crippen LogP contribution >= 0.6 is 11.6 Å². The first-order valence-corrected chi connectivity index (χ1v) is 10.4. The van der Waals surface area contributed by atoms with Crippen LogP contribution in [0.15, 0.2) is 41.2 Å². The minimum atomic E-state index is -0.193. The molecule has 1 aromatic carbocycles. The number of benzene rings is 1. The van der Waals surface area contributed by atoms with Crippen LogP contribution in [-0.4, -0.2) is 23.3 Å². The molecule has 1 heterocycles. The van der Waals surface area contributed by atoms with Gasteiger partial charge < -0.3 is 14.8 Å². The molecule has 0 saturated heterocycles. The number of H-pyrrole nitrogens is 1. The Morgan fingerprint density at radius 2 is 1.89 bits per heavy atom. The Morgan fingerprint density at radius 1 is 1.14 bits per heavy atom. The van der Waals surface area contributed by atoms with Gasteiger partial charge in [-0.05, 0) is 74.1 Å². The van der Waals surface area contributed by atoms with E-state index in [1.165, 1.54) is 0 Å². The Labute approximate surface area is 170 Å². The zero-order chi connectivity index (χ0) is 19.7. The van der Waals surface area contributed by atoms with E-state index in [1.807, 2.05) is 30.3 Å². The number of ether oxygens (including phenoxy) is 1. The maximum Gasteiger partial charge on any atom is 0.251 e. The summed E-state index contributed by atoms with van der Waals surface area (Å²) in [6, 6.07) is 9.69. The second-order valence-electron chi connectivity index (χ2n) is 7.93. The highest BCUT2D eigenvalue weighted by atomic mass is 35.5. The number of allylic oxidation sites excluding steroid dienone is 1. The van der Waals surface area contributed by atoms with E-state index in [0.717, 1.165) is 60.9 Å². The third-order valence-corrected chi connectivity index (χ3v) is 6.15. The van der Waals surface area contributed by atoms with Crippen molar-refractivity contribution < 1.29 is 9.84 Å². The van der Waals surface area contributed by atoms with Gasteiger partial charge in [-0.3, -0.25) is 4.79 Å². The lowest BCUT2D eigenvalue weighted by molar-refractivity contribution is 0.118. The number of aromatic amines is 1. The highest BCUT2D eigenvalue weighted by Crippen LogP contribution is 2.39. The van der Waals surface area contributed by atoms with Crippen molar-refractivity contribution in [2.24, 2.45) is 5.92 Å². The SMILES string of the molecule is COc1ccc(/C(=C\[C@H]2CC[C@H](O)CC2)c2ccc(C3CC3)c(=O)[nH]2)cc1Cl. The number of rotatable bonds is 5. The Hall–Kier alpha value is -2.04. The standard InChI is InChI=1S/C23H26ClNO3/c1-28-22-11-6-16(13-20(22)24)19(12-14-2-7-17(26)8-3-14)21-10-9-18(15-4-5-15)23(27)25-21/h6,9-15,17,26H,2-5,7-8H2,1H3,(H,25,27)/b19-12+/t14-,17-. The first kappa shape index (κ1) is 19.3. The van der Waals surface area contributed by atoms with Crippen LogP contribution in [-0.2, 0) is 0 Å². The van der Waals surface area contributed by atoms with Crippen LogP contribution in [0.2, 0.25) is 5.02 Å². The van der Waals surface area contributed by atoms with Crippen LogP contribution in [0.4, 0.5) is 0 Å². The van der Waals surface area contributed by atoms with Gasteiger partial charge in [0.15, 0.2) is 0 Å². The number of hydrogen-bond acceptors (Lipinski definition) is 3. The summed E-state index contributed by atoms with van der Waals surface area (Å²) < 4.78 is 5.28. The van der Waals surface area contributed by atoms with Crippen molar-refractivity contribution in [3.05, 3.63) is 68.6 Å². The van der Waals surface area contributed by atoms with Crippen molar-refractivity contribution in [3.8, 4) is 5.75 Å². The fourth-order valence-corrected chi connectivity index (χ4v) is 4.29. The monoisotopic (exact) mass is 399 g/mol. The average molecular weight is 400 g/mol. The summed E-state index contributed by atoms with van der Waals surface area (Å²) in [5.74, 6) is 1.41. The molecule has 2 saturated carbocycles. The Balaban J connectivity index is 1.74. The van der Waals surface area contributed by atoms with E-state index in [4.69, 9.17) is 16.3 Å². The van der Waals surface area contributed by atoms with E-state index in [1.54, 1.807) is 7.11 Å². The second-order valence-corrected chi connectivity index (χ2v) is 8.34. The number of aromatic nitrogens is 1. The molecule has 0 aliphatic heterocycles. The fourth-order valence-electron chi connectivity index (χ4n) is 4.04. The molecule has 2 aromatic rings. The van der Waals surface area contributed by atoms with E-state index in [0.29, 0.717) is 22.6 Å². The Morgan fingerprint density at radius 3 is 2.50 bits per heavy atom. The molecule has 0 unspecified atom stereocenters. The minimum absolute atomic E-state index is 0.00424. The summed E-state index contributed by atoms with van der Waals surface area (Å²) >= 11 is 6.37. The van der Waals surface area contributed by atoms with Crippen LogP contribution < -0.4 is 10.3 Å². The van der Waals surface area contributed by atoms with Crippen LogP contribution in [0.3, 0.4) is 0 Å². The molecular formula is C23H26ClNO3. The molecule has 0 atom stereocenters. The molecule has 0 radical (unpaired) electrons. The molecule has 2 N–H and O–H groups in total. The van der Waals surface area contributed by atoms with E-state index in [9.17, 15) is 9.90 Å². The summed E-state index contributed by atoms with van der Waals surface area (Å²) in [7, 11) is 1.60. The maximum absolute atomic E-state index is 12.6. The average Bonchev–Trinajstić information content (AvgIpc) is 3.52. The third-order valence-electron chi connectivity index (χ3n) is 5.85. The molecule has 28 heavy (non-hydrogen) atoms. The van der Waals surface area contributed by atoms with E-state index < -0.39 is 0 Å². The van der Waals surface area contributed by atoms with Crippen LogP contribution in [0, 0.1) is 5.92 Å². The molecule has 2 aliphatic rings. The van der Waals surface area contributed by atoms with Gasteiger partial charge in [-0.2, -0.15) is 0 Å². The second kappa shape index (κ2) is 8.14. The van der Waals surface area contributed by atoms with Gasteiger partial charge in [0, 0.05) is 16.8 Å². The molecule has 4 nitrogen and oxygen atoms in total. The van der Waals surface area contributed by atoms with Crippen molar-refractivity contribution >= 4 is 17.2 Å². The summed E-state index contributed by atoms with van der Waals surface area (Å²) in [4.78, 5) is 15.7. The van der Waals surface area contributed by atoms with Crippen LogP contribution in [0.1, 0.15) is 61.3 Å². The zero-order valence-electron chi connectivity index (χ0n) is 16.1. The van der Waals surface area contributed by atoms with E-state index in [-0.39, 0.29) is 11.7 Å². The molecular weight excluding hydrogens is 374 g/mol. The number of aliphatic hydroxyl groups is 1. The van der Waals surface area contributed by atoms with Crippen LogP contribution in [0.5, 0.6) is 5.75 Å². The van der Waals surface area contributed by atoms with Gasteiger partial charge in [0.25, 0.3) is 5.56 Å². The van der Waals surface area contributed by atoms with Crippen molar-refractivity contribution in [2.45, 2.75) is 50.5 Å². The minimum Gasteiger partial charge on any atom is -0.495 e. The van der Waals surface area contributed by atoms with Gasteiger partial charge in [-0.1, -0.05) is 29.8 Å². The Kier molecular flexibility index (Phi) is 5.61. The molecule has 5 heteroatoms. The van der Waals surface area contributed by atoms with E-state index in [2.05, 4.69) is 11.1 Å². The molecule has 0 amide bonds. The first-order valence-electron chi connectivity index (χ1n) is 10.0. The van der Waals surface area contributed by atoms with Gasteiger partial charge in [0.2, 0.25) is 0 Å². The van der Waals surface area contributed by atoms with Gasteiger partial charge in [-0.25, -0.2) is 0 Å². The molecule has 0 bridgehead atoms. The Bertz CT molecular complexity index is 937. The number of halogens is 1. The lowest BCUT2D eigenvalue weighted by Crippen LogP contribution is -2.18. The number of methoxy groups -OCH3 is 1. The smallest absolute Gasteiger partial charge is 0.251 e. The number of pyridine rings is 1. The normalized spacial score (nSPS) is 22.9. The zero-order valence-corrected chi connectivity index (χ0v) is 16.8. The number of hydrogen-bond donors (Lipinski definition) is 2. The van der Waals surface area contributed by atoms with Gasteiger partial charge in [0.1, 0.15) is 5.75 Å². The quantitative estimate of drug-likeness (QED) is 0.751. The largest absolute Gasteiger partial charge is 0.495 e. The maximum atomic E-state index is 12.6. The van der Waals surface area contributed by atoms with E-state index >= 15 is 0 Å². The summed E-state index contributed by atoms with van der Waals surface area (Å²) in [5, 5.41) is 10.4. The van der Waals surface area contributed by atoms with Crippen molar-refractivity contribution in [1.82, 2.24) is 4.98 Å². The van der Waals surface area contributed by atoms with Crippen molar-refractivity contribution in [2.75, 3.05) is 7.11 Å². The van der Waals surface area contributed by atoms with Gasteiger partial charge in [-0.15, -0.1) is 0 Å². The topological polar surface area (TPSA) is 62.3 Å². The van der Waals surface area contributed by atoms with Gasteiger partial charge in [0.05, 0.1) is 18.2 Å². The highest BCUT2D eigenvalue weighted by Gasteiger charge is 2.26. The van der Waals surface area contributed by atoms with Crippen molar-refractivity contribution in [3.63, 3.8) is 0 Å². The van der Waals surface area contributed by atoms with Gasteiger partial charge >= 0.3 is 0 Å². The highest BCUT2D eigenvalue weighted by molar-refractivity contribution is 6.32. The lowest BCUT2D eigenvalue weighted by Gasteiger charge is -2.24.